The lowest BCUT2D eigenvalue weighted by molar-refractivity contribution is -0.121. The van der Waals surface area contributed by atoms with E-state index in [0.29, 0.717) is 5.92 Å². The average Bonchev–Trinajstić information content (AvgIpc) is 2.92. The quantitative estimate of drug-likeness (QED) is 0.745. The van der Waals surface area contributed by atoms with Crippen LogP contribution in [0.25, 0.3) is 0 Å². The zero-order chi connectivity index (χ0) is 12.9. The van der Waals surface area contributed by atoms with Crippen molar-refractivity contribution in [2.45, 2.75) is 24.6 Å². The van der Waals surface area contributed by atoms with E-state index < -0.39 is 28.5 Å². The zero-order valence-electron chi connectivity index (χ0n) is 9.00. The number of nitrogens with zero attached hydrogens (tertiary/aromatic N) is 1. The van der Waals surface area contributed by atoms with Crippen LogP contribution in [0.5, 0.6) is 0 Å². The van der Waals surface area contributed by atoms with Crippen molar-refractivity contribution in [2.75, 3.05) is 19.6 Å². The molecule has 3 N–H and O–H groups in total. The fourth-order valence-electron chi connectivity index (χ4n) is 1.96. The Morgan fingerprint density at radius 2 is 1.88 bits per heavy atom. The second-order valence-electron chi connectivity index (χ2n) is 4.72. The molecule has 9 heteroatoms. The summed E-state index contributed by atoms with van der Waals surface area (Å²) in [6.45, 7) is -1.34. The van der Waals surface area contributed by atoms with Gasteiger partial charge in [-0.25, -0.2) is 0 Å². The summed E-state index contributed by atoms with van der Waals surface area (Å²) in [5.74, 6) is 0.316. The summed E-state index contributed by atoms with van der Waals surface area (Å²) in [6.07, 6.45) is -2.60. The number of alkyl halides is 3. The molecule has 1 aliphatic carbocycles. The standard InChI is InChI=1S/C8H14F3N3O2S/c9-8(10,11)3-13-17(15,16)14-4-7(12,5-14)6-1-2-6/h6,13H,1-5,12H2. The van der Waals surface area contributed by atoms with Gasteiger partial charge in [-0.05, 0) is 18.8 Å². The van der Waals surface area contributed by atoms with Gasteiger partial charge in [0.25, 0.3) is 10.2 Å². The van der Waals surface area contributed by atoms with E-state index >= 15 is 0 Å². The lowest BCUT2D eigenvalue weighted by Gasteiger charge is -2.46. The van der Waals surface area contributed by atoms with Crippen molar-refractivity contribution >= 4 is 10.2 Å². The first-order valence-corrected chi connectivity index (χ1v) is 6.67. The van der Waals surface area contributed by atoms with E-state index in [1.807, 2.05) is 0 Å². The Balaban J connectivity index is 1.86. The summed E-state index contributed by atoms with van der Waals surface area (Å²) in [5, 5.41) is 0. The SMILES string of the molecule is NC1(C2CC2)CN(S(=O)(=O)NCC(F)(F)F)C1. The minimum Gasteiger partial charge on any atom is -0.323 e. The molecule has 2 aliphatic rings. The first-order valence-electron chi connectivity index (χ1n) is 5.23. The van der Waals surface area contributed by atoms with Gasteiger partial charge in [0.15, 0.2) is 0 Å². The molecule has 1 heterocycles. The molecule has 2 fully saturated rings. The molecule has 100 valence electrons. The van der Waals surface area contributed by atoms with Gasteiger partial charge in [0.1, 0.15) is 6.54 Å². The number of hydrogen-bond donors (Lipinski definition) is 2. The Bertz CT molecular complexity index is 399. The Labute approximate surface area is 97.3 Å². The highest BCUT2D eigenvalue weighted by Crippen LogP contribution is 2.43. The van der Waals surface area contributed by atoms with Gasteiger partial charge in [0.05, 0.1) is 0 Å². The summed E-state index contributed by atoms with van der Waals surface area (Å²) in [4.78, 5) is 0. The molecule has 1 saturated carbocycles. The van der Waals surface area contributed by atoms with Crippen molar-refractivity contribution in [3.05, 3.63) is 0 Å². The first kappa shape index (κ1) is 13.1. The third-order valence-corrected chi connectivity index (χ3v) is 4.57. The second kappa shape index (κ2) is 3.81. The fourth-order valence-corrected chi connectivity index (χ4v) is 3.31. The lowest BCUT2D eigenvalue weighted by Crippen LogP contribution is -2.71. The normalized spacial score (nSPS) is 25.6. The highest BCUT2D eigenvalue weighted by molar-refractivity contribution is 7.87. The van der Waals surface area contributed by atoms with Crippen molar-refractivity contribution in [1.29, 1.82) is 0 Å². The van der Waals surface area contributed by atoms with Gasteiger partial charge in [-0.15, -0.1) is 0 Å². The van der Waals surface area contributed by atoms with Crippen LogP contribution in [0.2, 0.25) is 0 Å². The van der Waals surface area contributed by atoms with Gasteiger partial charge in [0.2, 0.25) is 0 Å². The number of hydrogen-bond acceptors (Lipinski definition) is 3. The fraction of sp³-hybridized carbons (Fsp3) is 1.00. The summed E-state index contributed by atoms with van der Waals surface area (Å²) < 4.78 is 61.0. The molecule has 0 spiro atoms. The summed E-state index contributed by atoms with van der Waals surface area (Å²) in [5.41, 5.74) is 5.39. The van der Waals surface area contributed by atoms with Gasteiger partial charge in [-0.2, -0.15) is 30.6 Å². The summed E-state index contributed by atoms with van der Waals surface area (Å²) in [6, 6.07) is 0. The lowest BCUT2D eigenvalue weighted by atomic mass is 9.88. The van der Waals surface area contributed by atoms with Crippen LogP contribution < -0.4 is 10.5 Å². The molecule has 1 saturated heterocycles. The van der Waals surface area contributed by atoms with E-state index in [-0.39, 0.29) is 13.1 Å². The number of halogens is 3. The van der Waals surface area contributed by atoms with Crippen LogP contribution in [0.3, 0.4) is 0 Å². The Hall–Kier alpha value is -0.380. The molecule has 0 aromatic heterocycles. The van der Waals surface area contributed by atoms with Crippen LogP contribution in [-0.2, 0) is 10.2 Å². The van der Waals surface area contributed by atoms with Crippen molar-refractivity contribution in [1.82, 2.24) is 9.03 Å². The van der Waals surface area contributed by atoms with E-state index in [2.05, 4.69) is 0 Å². The van der Waals surface area contributed by atoms with Crippen molar-refractivity contribution < 1.29 is 21.6 Å². The van der Waals surface area contributed by atoms with Crippen LogP contribution in [0.1, 0.15) is 12.8 Å². The Morgan fingerprint density at radius 3 is 2.29 bits per heavy atom. The topological polar surface area (TPSA) is 75.4 Å². The third kappa shape index (κ3) is 2.90. The van der Waals surface area contributed by atoms with Crippen molar-refractivity contribution in [3.8, 4) is 0 Å². The minimum atomic E-state index is -4.55. The minimum absolute atomic E-state index is 0.102. The van der Waals surface area contributed by atoms with Crippen LogP contribution in [0.15, 0.2) is 0 Å². The first-order chi connectivity index (χ1) is 7.62. The Kier molecular flexibility index (Phi) is 2.92. The summed E-state index contributed by atoms with van der Waals surface area (Å²) >= 11 is 0. The number of rotatable bonds is 4. The molecule has 0 radical (unpaired) electrons. The molecule has 5 nitrogen and oxygen atoms in total. The van der Waals surface area contributed by atoms with E-state index in [4.69, 9.17) is 5.73 Å². The second-order valence-corrected chi connectivity index (χ2v) is 6.47. The third-order valence-electron chi connectivity index (χ3n) is 3.13. The molecular formula is C8H14F3N3O2S. The molecule has 0 unspecified atom stereocenters. The van der Waals surface area contributed by atoms with E-state index in [9.17, 15) is 21.6 Å². The highest BCUT2D eigenvalue weighted by atomic mass is 32.2. The molecule has 2 rings (SSSR count). The van der Waals surface area contributed by atoms with Gasteiger partial charge >= 0.3 is 6.18 Å². The maximum atomic E-state index is 11.9. The predicted molar refractivity (Wildman–Crippen MR) is 54.2 cm³/mol. The molecule has 0 amide bonds. The smallest absolute Gasteiger partial charge is 0.323 e. The highest BCUT2D eigenvalue weighted by Gasteiger charge is 2.53. The van der Waals surface area contributed by atoms with E-state index in [1.165, 1.54) is 4.72 Å². The molecule has 0 aromatic carbocycles. The Morgan fingerprint density at radius 1 is 1.35 bits per heavy atom. The van der Waals surface area contributed by atoms with Crippen LogP contribution >= 0.6 is 0 Å². The number of nitrogens with one attached hydrogen (secondary N) is 1. The largest absolute Gasteiger partial charge is 0.402 e. The van der Waals surface area contributed by atoms with Gasteiger partial charge in [-0.1, -0.05) is 0 Å². The van der Waals surface area contributed by atoms with Crippen LogP contribution in [-0.4, -0.2) is 44.1 Å². The van der Waals surface area contributed by atoms with Gasteiger partial charge in [0, 0.05) is 18.6 Å². The molecule has 0 aromatic rings. The molecule has 1 aliphatic heterocycles. The number of nitrogens with two attached hydrogens (primary N) is 1. The van der Waals surface area contributed by atoms with Crippen LogP contribution in [0, 0.1) is 5.92 Å². The maximum Gasteiger partial charge on any atom is 0.402 e. The molecular weight excluding hydrogens is 259 g/mol. The molecule has 17 heavy (non-hydrogen) atoms. The molecule has 0 atom stereocenters. The van der Waals surface area contributed by atoms with Crippen molar-refractivity contribution in [3.63, 3.8) is 0 Å². The van der Waals surface area contributed by atoms with E-state index in [0.717, 1.165) is 17.1 Å². The van der Waals surface area contributed by atoms with Gasteiger partial charge in [-0.3, -0.25) is 0 Å². The average molecular weight is 273 g/mol. The van der Waals surface area contributed by atoms with Crippen LogP contribution in [0.4, 0.5) is 13.2 Å². The van der Waals surface area contributed by atoms with E-state index in [1.54, 1.807) is 0 Å². The van der Waals surface area contributed by atoms with Crippen molar-refractivity contribution in [2.24, 2.45) is 11.7 Å². The van der Waals surface area contributed by atoms with Gasteiger partial charge < -0.3 is 5.73 Å². The predicted octanol–water partition coefficient (Wildman–Crippen LogP) is -0.194. The molecule has 0 bridgehead atoms. The summed E-state index contributed by atoms with van der Waals surface area (Å²) in [7, 11) is -4.05. The zero-order valence-corrected chi connectivity index (χ0v) is 9.81. The monoisotopic (exact) mass is 273 g/mol. The maximum absolute atomic E-state index is 11.9.